The average Bonchev–Trinajstić information content (AvgIpc) is 2.04. The number of rotatable bonds is 2. The van der Waals surface area contributed by atoms with Crippen LogP contribution in [0.5, 0.6) is 0 Å². The second-order valence-corrected chi connectivity index (χ2v) is 4.00. The molecule has 0 radical (unpaired) electrons. The average molecular weight is 184 g/mol. The number of hydrazine groups is 1. The number of hydrogen-bond acceptors (Lipinski definition) is 2. The highest BCUT2D eigenvalue weighted by Gasteiger charge is 2.24. The molecule has 0 heterocycles. The summed E-state index contributed by atoms with van der Waals surface area (Å²) in [6, 6.07) is 0.446. The van der Waals surface area contributed by atoms with Crippen molar-refractivity contribution in [1.82, 2.24) is 10.0 Å². The van der Waals surface area contributed by atoms with Gasteiger partial charge in [0.25, 0.3) is 0 Å². The molecule has 0 aromatic rings. The molecule has 1 amide bonds. The van der Waals surface area contributed by atoms with Gasteiger partial charge in [0.2, 0.25) is 5.91 Å². The van der Waals surface area contributed by atoms with Gasteiger partial charge >= 0.3 is 0 Å². The molecule has 1 rings (SSSR count). The summed E-state index contributed by atoms with van der Waals surface area (Å²) in [6.45, 7) is 1.65. The van der Waals surface area contributed by atoms with Gasteiger partial charge in [0.05, 0.1) is 0 Å². The van der Waals surface area contributed by atoms with E-state index < -0.39 is 0 Å². The fourth-order valence-electron chi connectivity index (χ4n) is 2.19. The molecule has 0 bridgehead atoms. The maximum absolute atomic E-state index is 11.4. The molecule has 3 nitrogen and oxygen atoms in total. The maximum atomic E-state index is 11.4. The number of hydrogen-bond donors (Lipinski definition) is 0. The van der Waals surface area contributed by atoms with Crippen molar-refractivity contribution in [2.24, 2.45) is 0 Å². The summed E-state index contributed by atoms with van der Waals surface area (Å²) < 4.78 is 0. The Morgan fingerprint density at radius 1 is 1.15 bits per heavy atom. The molecule has 0 atom stereocenters. The Labute approximate surface area is 80.7 Å². The normalized spacial score (nSPS) is 19.1. The molecule has 76 valence electrons. The largest absolute Gasteiger partial charge is 0.274 e. The molecule has 1 aliphatic carbocycles. The Bertz CT molecular complexity index is 174. The van der Waals surface area contributed by atoms with E-state index in [4.69, 9.17) is 0 Å². The van der Waals surface area contributed by atoms with Crippen molar-refractivity contribution in [3.05, 3.63) is 0 Å². The highest BCUT2D eigenvalue weighted by atomic mass is 16.2. The lowest BCUT2D eigenvalue weighted by molar-refractivity contribution is -0.148. The van der Waals surface area contributed by atoms with E-state index in [9.17, 15) is 4.79 Å². The molecular weight excluding hydrogens is 164 g/mol. The van der Waals surface area contributed by atoms with Gasteiger partial charge in [0.15, 0.2) is 0 Å². The molecule has 0 aromatic heterocycles. The van der Waals surface area contributed by atoms with E-state index in [1.54, 1.807) is 6.92 Å². The van der Waals surface area contributed by atoms with Crippen molar-refractivity contribution in [3.8, 4) is 0 Å². The predicted molar refractivity (Wildman–Crippen MR) is 53.1 cm³/mol. The Balaban J connectivity index is 2.57. The highest BCUT2D eigenvalue weighted by Crippen LogP contribution is 2.22. The summed E-state index contributed by atoms with van der Waals surface area (Å²) in [5.41, 5.74) is 0. The first-order valence-electron chi connectivity index (χ1n) is 5.10. The molecule has 0 aliphatic heterocycles. The molecule has 1 fully saturated rings. The summed E-state index contributed by atoms with van der Waals surface area (Å²) >= 11 is 0. The molecular formula is C10H20N2O. The maximum Gasteiger partial charge on any atom is 0.233 e. The highest BCUT2D eigenvalue weighted by molar-refractivity contribution is 5.73. The summed E-state index contributed by atoms with van der Waals surface area (Å²) in [4.78, 5) is 11.4. The van der Waals surface area contributed by atoms with Gasteiger partial charge in [-0.2, -0.15) is 0 Å². The third-order valence-electron chi connectivity index (χ3n) is 2.67. The minimum atomic E-state index is 0.164. The van der Waals surface area contributed by atoms with E-state index in [1.807, 2.05) is 24.1 Å². The molecule has 3 heteroatoms. The third kappa shape index (κ3) is 2.69. The van der Waals surface area contributed by atoms with E-state index in [0.29, 0.717) is 6.04 Å². The van der Waals surface area contributed by atoms with Crippen molar-refractivity contribution in [2.75, 3.05) is 14.1 Å². The monoisotopic (exact) mass is 184 g/mol. The Hall–Kier alpha value is -0.570. The van der Waals surface area contributed by atoms with Crippen molar-refractivity contribution < 1.29 is 4.79 Å². The minimum Gasteiger partial charge on any atom is -0.274 e. The SMILES string of the molecule is CC(=O)N(C1CCCCC1)N(C)C. The van der Waals surface area contributed by atoms with Crippen LogP contribution in [0.1, 0.15) is 39.0 Å². The predicted octanol–water partition coefficient (Wildman–Crippen LogP) is 1.64. The van der Waals surface area contributed by atoms with Crippen molar-refractivity contribution in [2.45, 2.75) is 45.1 Å². The van der Waals surface area contributed by atoms with Gasteiger partial charge in [-0.15, -0.1) is 0 Å². The number of carbonyl (C=O) groups excluding carboxylic acids is 1. The van der Waals surface area contributed by atoms with Crippen LogP contribution in [0.25, 0.3) is 0 Å². The van der Waals surface area contributed by atoms with E-state index in [0.717, 1.165) is 12.8 Å². The zero-order chi connectivity index (χ0) is 9.84. The van der Waals surface area contributed by atoms with Crippen molar-refractivity contribution in [3.63, 3.8) is 0 Å². The molecule has 1 aliphatic rings. The zero-order valence-corrected chi connectivity index (χ0v) is 8.92. The smallest absolute Gasteiger partial charge is 0.233 e. The Kier molecular flexibility index (Phi) is 3.72. The fourth-order valence-corrected chi connectivity index (χ4v) is 2.19. The molecule has 0 saturated heterocycles. The van der Waals surface area contributed by atoms with Crippen LogP contribution >= 0.6 is 0 Å². The number of amides is 1. The van der Waals surface area contributed by atoms with Crippen LogP contribution in [-0.4, -0.2) is 36.1 Å². The van der Waals surface area contributed by atoms with Crippen LogP contribution < -0.4 is 0 Å². The lowest BCUT2D eigenvalue weighted by Crippen LogP contribution is -2.48. The second-order valence-electron chi connectivity index (χ2n) is 4.00. The molecule has 0 N–H and O–H groups in total. The summed E-state index contributed by atoms with van der Waals surface area (Å²) in [5, 5.41) is 3.80. The molecule has 0 spiro atoms. The summed E-state index contributed by atoms with van der Waals surface area (Å²) in [6.07, 6.45) is 6.19. The lowest BCUT2D eigenvalue weighted by Gasteiger charge is -2.37. The van der Waals surface area contributed by atoms with Gasteiger partial charge in [-0.05, 0) is 12.8 Å². The second kappa shape index (κ2) is 4.61. The minimum absolute atomic E-state index is 0.164. The third-order valence-corrected chi connectivity index (χ3v) is 2.67. The van der Waals surface area contributed by atoms with Gasteiger partial charge < -0.3 is 0 Å². The molecule has 0 aromatic carbocycles. The standard InChI is InChI=1S/C10H20N2O/c1-9(13)12(11(2)3)10-7-5-4-6-8-10/h10H,4-8H2,1-3H3. The van der Waals surface area contributed by atoms with Crippen molar-refractivity contribution in [1.29, 1.82) is 0 Å². The number of carbonyl (C=O) groups is 1. The van der Waals surface area contributed by atoms with Gasteiger partial charge in [0.1, 0.15) is 0 Å². The topological polar surface area (TPSA) is 23.6 Å². The Morgan fingerprint density at radius 3 is 2.08 bits per heavy atom. The van der Waals surface area contributed by atoms with Crippen LogP contribution in [0.4, 0.5) is 0 Å². The first kappa shape index (κ1) is 10.5. The van der Waals surface area contributed by atoms with Gasteiger partial charge in [-0.25, -0.2) is 5.01 Å². The van der Waals surface area contributed by atoms with Crippen LogP contribution in [0.2, 0.25) is 0 Å². The van der Waals surface area contributed by atoms with Gasteiger partial charge in [-0.1, -0.05) is 19.3 Å². The fraction of sp³-hybridized carbons (Fsp3) is 0.900. The van der Waals surface area contributed by atoms with Gasteiger partial charge in [-0.3, -0.25) is 9.80 Å². The first-order valence-corrected chi connectivity index (χ1v) is 5.10. The lowest BCUT2D eigenvalue weighted by atomic mass is 9.95. The van der Waals surface area contributed by atoms with Crippen LogP contribution in [0.15, 0.2) is 0 Å². The summed E-state index contributed by atoms with van der Waals surface area (Å²) in [5.74, 6) is 0.164. The van der Waals surface area contributed by atoms with E-state index in [-0.39, 0.29) is 5.91 Å². The van der Waals surface area contributed by atoms with E-state index in [1.165, 1.54) is 19.3 Å². The van der Waals surface area contributed by atoms with Crippen LogP contribution in [0.3, 0.4) is 0 Å². The van der Waals surface area contributed by atoms with E-state index >= 15 is 0 Å². The zero-order valence-electron chi connectivity index (χ0n) is 8.92. The summed E-state index contributed by atoms with van der Waals surface area (Å²) in [7, 11) is 3.88. The first-order chi connectivity index (χ1) is 6.13. The number of nitrogens with zero attached hydrogens (tertiary/aromatic N) is 2. The van der Waals surface area contributed by atoms with Gasteiger partial charge in [0, 0.05) is 27.1 Å². The van der Waals surface area contributed by atoms with Crippen molar-refractivity contribution >= 4 is 5.91 Å². The Morgan fingerprint density at radius 2 is 1.69 bits per heavy atom. The van der Waals surface area contributed by atoms with E-state index in [2.05, 4.69) is 0 Å². The molecule has 13 heavy (non-hydrogen) atoms. The van der Waals surface area contributed by atoms with Crippen LogP contribution in [0, 0.1) is 0 Å². The molecule has 0 unspecified atom stereocenters. The van der Waals surface area contributed by atoms with Crippen LogP contribution in [-0.2, 0) is 4.79 Å². The molecule has 1 saturated carbocycles. The quantitative estimate of drug-likeness (QED) is 0.609.